The van der Waals surface area contributed by atoms with Gasteiger partial charge in [0.2, 0.25) is 0 Å². The van der Waals surface area contributed by atoms with Crippen molar-refractivity contribution in [3.8, 4) is 17.2 Å². The monoisotopic (exact) mass is 596 g/mol. The molecule has 2 aromatic carbocycles. The van der Waals surface area contributed by atoms with E-state index in [1.807, 2.05) is 0 Å². The fourth-order valence-electron chi connectivity index (χ4n) is 4.50. The van der Waals surface area contributed by atoms with Crippen LogP contribution in [0.25, 0.3) is 0 Å². The van der Waals surface area contributed by atoms with Gasteiger partial charge in [-0.1, -0.05) is 12.1 Å². The van der Waals surface area contributed by atoms with Gasteiger partial charge in [0, 0.05) is 0 Å². The van der Waals surface area contributed by atoms with Gasteiger partial charge in [-0.2, -0.15) is 0 Å². The maximum atomic E-state index is 12.5. The van der Waals surface area contributed by atoms with Gasteiger partial charge in [-0.3, -0.25) is 0 Å². The lowest BCUT2D eigenvalue weighted by molar-refractivity contribution is -0.309. The first kappa shape index (κ1) is 31.9. The van der Waals surface area contributed by atoms with Crippen molar-refractivity contribution in [2.75, 3.05) is 40.6 Å². The lowest BCUT2D eigenvalue weighted by Gasteiger charge is -2.40. The highest BCUT2D eigenvalue weighted by molar-refractivity contribution is 5.90. The molecule has 8 unspecified atom stereocenters. The smallest absolute Gasteiger partial charge is 0.338 e. The van der Waals surface area contributed by atoms with E-state index < -0.39 is 74.5 Å². The van der Waals surface area contributed by atoms with Crippen LogP contribution in [-0.2, 0) is 30.1 Å². The van der Waals surface area contributed by atoms with Gasteiger partial charge in [0.15, 0.2) is 29.7 Å². The summed E-state index contributed by atoms with van der Waals surface area (Å²) in [6.07, 6.45) is -9.82. The van der Waals surface area contributed by atoms with Crippen molar-refractivity contribution >= 4 is 5.97 Å². The Labute approximate surface area is 241 Å². The summed E-state index contributed by atoms with van der Waals surface area (Å²) in [4.78, 5) is 12.5. The van der Waals surface area contributed by atoms with Crippen molar-refractivity contribution in [1.82, 2.24) is 0 Å². The summed E-state index contributed by atoms with van der Waals surface area (Å²) in [5.74, 6) is 0.0474. The third kappa shape index (κ3) is 7.29. The lowest BCUT2D eigenvalue weighted by atomic mass is 9.99. The number of hydrogen-bond donors (Lipinski definition) is 6. The molecule has 8 atom stereocenters. The third-order valence-electron chi connectivity index (χ3n) is 7.08. The van der Waals surface area contributed by atoms with Crippen LogP contribution >= 0.6 is 0 Å². The minimum Gasteiger partial charge on any atom is -0.508 e. The highest BCUT2D eigenvalue weighted by Gasteiger charge is 2.51. The number of methoxy groups -OCH3 is 2. The topological polar surface area (TPSA) is 203 Å². The molecule has 2 saturated heterocycles. The molecular weight excluding hydrogens is 560 g/mol. The van der Waals surface area contributed by atoms with E-state index in [1.54, 1.807) is 12.1 Å². The van der Waals surface area contributed by atoms with Gasteiger partial charge in [0.1, 0.15) is 42.9 Å². The standard InChI is InChI=1S/C28H36O14/c1-36-18-8-5-16(11-19(18)37-2)25(34)40-13-28(35)14-41-27(24(28)33)39-12-20-21(30)22(31)23(32)26(42-20)38-10-9-15-3-6-17(29)7-4-15/h3-8,11,20-24,26-27,29-33,35H,9-10,12-14H2,1-2H3. The summed E-state index contributed by atoms with van der Waals surface area (Å²) >= 11 is 0. The van der Waals surface area contributed by atoms with Gasteiger partial charge >= 0.3 is 5.97 Å². The van der Waals surface area contributed by atoms with Crippen LogP contribution in [0.5, 0.6) is 17.2 Å². The highest BCUT2D eigenvalue weighted by atomic mass is 16.7. The van der Waals surface area contributed by atoms with E-state index in [1.165, 1.54) is 44.6 Å². The van der Waals surface area contributed by atoms with Crippen molar-refractivity contribution in [3.63, 3.8) is 0 Å². The minimum absolute atomic E-state index is 0.0996. The van der Waals surface area contributed by atoms with Gasteiger partial charge in [0.05, 0.1) is 39.6 Å². The largest absolute Gasteiger partial charge is 0.508 e. The molecule has 0 bridgehead atoms. The van der Waals surface area contributed by atoms with Crippen molar-refractivity contribution in [3.05, 3.63) is 53.6 Å². The molecule has 0 amide bonds. The first-order valence-electron chi connectivity index (χ1n) is 13.2. The number of phenolic OH excluding ortho intramolecular Hbond substituents is 1. The second kappa shape index (κ2) is 13.9. The molecular formula is C28H36O14. The normalized spacial score (nSPS) is 31.1. The number of carbonyl (C=O) groups is 1. The number of carbonyl (C=O) groups excluding carboxylic acids is 1. The quantitative estimate of drug-likeness (QED) is 0.164. The molecule has 232 valence electrons. The summed E-state index contributed by atoms with van der Waals surface area (Å²) in [5, 5.41) is 61.9. The number of rotatable bonds is 12. The van der Waals surface area contributed by atoms with Crippen molar-refractivity contribution in [2.24, 2.45) is 0 Å². The Morgan fingerprint density at radius 1 is 0.929 bits per heavy atom. The lowest BCUT2D eigenvalue weighted by Crippen LogP contribution is -2.59. The van der Waals surface area contributed by atoms with Crippen LogP contribution in [0.2, 0.25) is 0 Å². The maximum absolute atomic E-state index is 12.5. The zero-order chi connectivity index (χ0) is 30.4. The summed E-state index contributed by atoms with van der Waals surface area (Å²) < 4.78 is 37.6. The first-order valence-corrected chi connectivity index (χ1v) is 13.2. The van der Waals surface area contributed by atoms with E-state index in [9.17, 15) is 35.4 Å². The van der Waals surface area contributed by atoms with Crippen LogP contribution in [-0.4, -0.2) is 126 Å². The highest BCUT2D eigenvalue weighted by Crippen LogP contribution is 2.30. The zero-order valence-electron chi connectivity index (χ0n) is 23.1. The van der Waals surface area contributed by atoms with E-state index in [0.29, 0.717) is 17.9 Å². The Morgan fingerprint density at radius 2 is 1.64 bits per heavy atom. The average Bonchev–Trinajstić information content (AvgIpc) is 3.28. The van der Waals surface area contributed by atoms with E-state index in [-0.39, 0.29) is 17.9 Å². The summed E-state index contributed by atoms with van der Waals surface area (Å²) in [6.45, 7) is -1.36. The van der Waals surface area contributed by atoms with Gasteiger partial charge in [0.25, 0.3) is 0 Å². The van der Waals surface area contributed by atoms with Crippen LogP contribution in [0, 0.1) is 0 Å². The molecule has 2 heterocycles. The predicted molar refractivity (Wildman–Crippen MR) is 141 cm³/mol. The SMILES string of the molecule is COc1ccc(C(=O)OCC2(O)COC(OCC3OC(OCCc4ccc(O)cc4)C(O)C(O)C3O)C2O)cc1OC. The van der Waals surface area contributed by atoms with Crippen molar-refractivity contribution in [2.45, 2.75) is 55.1 Å². The molecule has 2 fully saturated rings. The number of benzene rings is 2. The van der Waals surface area contributed by atoms with Gasteiger partial charge in [-0.25, -0.2) is 4.79 Å². The average molecular weight is 597 g/mol. The predicted octanol–water partition coefficient (Wildman–Crippen LogP) is -0.902. The summed E-state index contributed by atoms with van der Waals surface area (Å²) in [7, 11) is 2.86. The molecule has 2 aliphatic heterocycles. The first-order chi connectivity index (χ1) is 20.1. The Hall–Kier alpha value is -3.05. The second-order valence-electron chi connectivity index (χ2n) is 10.0. The number of ether oxygens (including phenoxy) is 7. The van der Waals surface area contributed by atoms with E-state index in [2.05, 4.69) is 0 Å². The van der Waals surface area contributed by atoms with Gasteiger partial charge in [-0.05, 0) is 42.3 Å². The summed E-state index contributed by atoms with van der Waals surface area (Å²) in [6, 6.07) is 10.8. The van der Waals surface area contributed by atoms with E-state index in [0.717, 1.165) is 5.56 Å². The van der Waals surface area contributed by atoms with Crippen molar-refractivity contribution < 1.29 is 68.6 Å². The number of aliphatic hydroxyl groups excluding tert-OH is 4. The Kier molecular flexibility index (Phi) is 10.6. The molecule has 2 aromatic rings. The van der Waals surface area contributed by atoms with E-state index >= 15 is 0 Å². The molecule has 14 nitrogen and oxygen atoms in total. The molecule has 0 radical (unpaired) electrons. The Balaban J connectivity index is 1.27. The van der Waals surface area contributed by atoms with Gasteiger partial charge < -0.3 is 63.8 Å². The molecule has 0 saturated carbocycles. The number of hydrogen-bond acceptors (Lipinski definition) is 14. The zero-order valence-corrected chi connectivity index (χ0v) is 23.1. The molecule has 0 spiro atoms. The molecule has 42 heavy (non-hydrogen) atoms. The second-order valence-corrected chi connectivity index (χ2v) is 10.0. The number of aromatic hydroxyl groups is 1. The van der Waals surface area contributed by atoms with Crippen LogP contribution in [0.15, 0.2) is 42.5 Å². The van der Waals surface area contributed by atoms with Crippen LogP contribution < -0.4 is 9.47 Å². The molecule has 0 aromatic heterocycles. The minimum atomic E-state index is -2.00. The molecule has 4 rings (SSSR count). The third-order valence-corrected chi connectivity index (χ3v) is 7.08. The number of phenols is 1. The molecule has 14 heteroatoms. The Bertz CT molecular complexity index is 1180. The van der Waals surface area contributed by atoms with Crippen LogP contribution in [0.4, 0.5) is 0 Å². The van der Waals surface area contributed by atoms with Gasteiger partial charge in [-0.15, -0.1) is 0 Å². The Morgan fingerprint density at radius 3 is 2.33 bits per heavy atom. The van der Waals surface area contributed by atoms with Crippen molar-refractivity contribution in [1.29, 1.82) is 0 Å². The van der Waals surface area contributed by atoms with Crippen LogP contribution in [0.1, 0.15) is 15.9 Å². The number of aliphatic hydroxyl groups is 5. The molecule has 6 N–H and O–H groups in total. The number of esters is 1. The molecule has 0 aliphatic carbocycles. The summed E-state index contributed by atoms with van der Waals surface area (Å²) in [5.41, 5.74) is -1.02. The fraction of sp³-hybridized carbons (Fsp3) is 0.536. The van der Waals surface area contributed by atoms with Crippen LogP contribution in [0.3, 0.4) is 0 Å². The fourth-order valence-corrected chi connectivity index (χ4v) is 4.50. The molecule has 2 aliphatic rings. The van der Waals surface area contributed by atoms with E-state index in [4.69, 9.17) is 33.2 Å². The maximum Gasteiger partial charge on any atom is 0.338 e.